The van der Waals surface area contributed by atoms with Gasteiger partial charge in [-0.2, -0.15) is 0 Å². The van der Waals surface area contributed by atoms with Crippen molar-refractivity contribution in [2.45, 2.75) is 38.6 Å². The highest BCUT2D eigenvalue weighted by molar-refractivity contribution is 7.80. The monoisotopic (exact) mass is 314 g/mol. The molecule has 0 aliphatic carbocycles. The maximum atomic E-state index is 13.0. The topological polar surface area (TPSA) is 81.9 Å². The molecule has 2 N–H and O–H groups in total. The lowest BCUT2D eigenvalue weighted by atomic mass is 9.78. The second-order valence-corrected chi connectivity index (χ2v) is 5.91. The Kier molecular flexibility index (Phi) is 5.16. The zero-order valence-electron chi connectivity index (χ0n) is 12.3. The molecule has 2 aliphatic rings. The number of hydrogen-bond acceptors (Lipinski definition) is 5. The molecule has 2 saturated heterocycles. The van der Waals surface area contributed by atoms with Crippen LogP contribution in [0.1, 0.15) is 32.6 Å². The number of hydrogen-bond donors (Lipinski definition) is 1. The summed E-state index contributed by atoms with van der Waals surface area (Å²) < 4.78 is 10.4. The molecule has 0 saturated carbocycles. The molecule has 0 aromatic rings. The number of rotatable bonds is 4. The lowest BCUT2D eigenvalue weighted by Gasteiger charge is -2.39. The van der Waals surface area contributed by atoms with Gasteiger partial charge in [0.1, 0.15) is 11.5 Å². The van der Waals surface area contributed by atoms with Gasteiger partial charge in [0.05, 0.1) is 11.6 Å². The number of nitrogens with zero attached hydrogens (tertiary/aromatic N) is 1. The SMILES string of the molecule is CCOC(=O)C1CCCN1C(=O)C1(C(N)=S)CCOCC1. The number of ether oxygens (including phenoxy) is 2. The van der Waals surface area contributed by atoms with Crippen molar-refractivity contribution >= 4 is 29.1 Å². The molecule has 2 fully saturated rings. The van der Waals surface area contributed by atoms with E-state index < -0.39 is 11.5 Å². The van der Waals surface area contributed by atoms with E-state index in [4.69, 9.17) is 27.4 Å². The summed E-state index contributed by atoms with van der Waals surface area (Å²) in [6, 6.07) is -0.508. The summed E-state index contributed by atoms with van der Waals surface area (Å²) in [4.78, 5) is 26.8. The van der Waals surface area contributed by atoms with Gasteiger partial charge in [0, 0.05) is 19.8 Å². The molecular formula is C14H22N2O4S. The first-order valence-corrected chi connectivity index (χ1v) is 7.79. The van der Waals surface area contributed by atoms with Gasteiger partial charge in [-0.1, -0.05) is 12.2 Å². The Morgan fingerprint density at radius 1 is 1.43 bits per heavy atom. The van der Waals surface area contributed by atoms with Crippen molar-refractivity contribution in [3.05, 3.63) is 0 Å². The number of amides is 1. The Morgan fingerprint density at radius 2 is 2.10 bits per heavy atom. The molecule has 0 bridgehead atoms. The molecule has 1 unspecified atom stereocenters. The maximum Gasteiger partial charge on any atom is 0.328 e. The van der Waals surface area contributed by atoms with Gasteiger partial charge in [-0.3, -0.25) is 4.79 Å². The van der Waals surface area contributed by atoms with Crippen molar-refractivity contribution in [3.8, 4) is 0 Å². The smallest absolute Gasteiger partial charge is 0.328 e. The van der Waals surface area contributed by atoms with E-state index in [1.165, 1.54) is 0 Å². The fourth-order valence-electron chi connectivity index (χ4n) is 3.05. The maximum absolute atomic E-state index is 13.0. The molecule has 0 radical (unpaired) electrons. The summed E-state index contributed by atoms with van der Waals surface area (Å²) in [6.45, 7) is 3.54. The highest BCUT2D eigenvalue weighted by Crippen LogP contribution is 2.36. The van der Waals surface area contributed by atoms with Gasteiger partial charge in [0.15, 0.2) is 0 Å². The van der Waals surface area contributed by atoms with Crippen molar-refractivity contribution in [1.82, 2.24) is 4.90 Å². The number of carbonyl (C=O) groups is 2. The van der Waals surface area contributed by atoms with Gasteiger partial charge in [0.2, 0.25) is 5.91 Å². The minimum absolute atomic E-state index is 0.145. The van der Waals surface area contributed by atoms with Gasteiger partial charge in [0.25, 0.3) is 0 Å². The van der Waals surface area contributed by atoms with Gasteiger partial charge in [-0.15, -0.1) is 0 Å². The molecule has 2 rings (SSSR count). The highest BCUT2D eigenvalue weighted by Gasteiger charge is 2.49. The molecule has 118 valence electrons. The largest absolute Gasteiger partial charge is 0.464 e. The van der Waals surface area contributed by atoms with Crippen LogP contribution in [0.5, 0.6) is 0 Å². The molecule has 7 heteroatoms. The van der Waals surface area contributed by atoms with Crippen LogP contribution in [0.2, 0.25) is 0 Å². The van der Waals surface area contributed by atoms with Gasteiger partial charge >= 0.3 is 5.97 Å². The molecular weight excluding hydrogens is 292 g/mol. The molecule has 1 atom stereocenters. The lowest BCUT2D eigenvalue weighted by molar-refractivity contribution is -0.156. The Bertz CT molecular complexity index is 435. The van der Waals surface area contributed by atoms with Crippen molar-refractivity contribution in [2.75, 3.05) is 26.4 Å². The van der Waals surface area contributed by atoms with Crippen LogP contribution in [0.25, 0.3) is 0 Å². The third-order valence-corrected chi connectivity index (χ3v) is 4.69. The van der Waals surface area contributed by atoms with Crippen LogP contribution >= 0.6 is 12.2 Å². The van der Waals surface area contributed by atoms with Crippen LogP contribution in [0, 0.1) is 5.41 Å². The average molecular weight is 314 g/mol. The molecule has 0 aromatic heterocycles. The average Bonchev–Trinajstić information content (AvgIpc) is 2.96. The Labute approximate surface area is 129 Å². The summed E-state index contributed by atoms with van der Waals surface area (Å²) in [6.07, 6.45) is 2.38. The quantitative estimate of drug-likeness (QED) is 0.605. The Morgan fingerprint density at radius 3 is 2.67 bits per heavy atom. The summed E-state index contributed by atoms with van der Waals surface area (Å²) in [5.74, 6) is -0.484. The Balaban J connectivity index is 2.20. The number of carbonyl (C=O) groups excluding carboxylic acids is 2. The molecule has 21 heavy (non-hydrogen) atoms. The van der Waals surface area contributed by atoms with Crippen LogP contribution in [0.4, 0.5) is 0 Å². The lowest BCUT2D eigenvalue weighted by Crippen LogP contribution is -2.55. The van der Waals surface area contributed by atoms with E-state index in [2.05, 4.69) is 0 Å². The summed E-state index contributed by atoms with van der Waals surface area (Å²) in [5, 5.41) is 0. The van der Waals surface area contributed by atoms with Crippen molar-refractivity contribution in [3.63, 3.8) is 0 Å². The van der Waals surface area contributed by atoms with Crippen LogP contribution < -0.4 is 5.73 Å². The van der Waals surface area contributed by atoms with E-state index in [0.29, 0.717) is 45.6 Å². The summed E-state index contributed by atoms with van der Waals surface area (Å²) >= 11 is 5.15. The first-order chi connectivity index (χ1) is 10.0. The standard InChI is InChI=1S/C14H22N2O4S/c1-2-20-11(17)10-4-3-7-16(10)13(18)14(12(15)21)5-8-19-9-6-14/h10H,2-9H2,1H3,(H2,15,21). The minimum atomic E-state index is -0.872. The normalized spacial score (nSPS) is 24.6. The van der Waals surface area contributed by atoms with E-state index in [-0.39, 0.29) is 16.9 Å². The van der Waals surface area contributed by atoms with Crippen LogP contribution in [0.15, 0.2) is 0 Å². The van der Waals surface area contributed by atoms with Gasteiger partial charge in [-0.05, 0) is 32.6 Å². The zero-order chi connectivity index (χ0) is 15.5. The van der Waals surface area contributed by atoms with E-state index in [1.54, 1.807) is 11.8 Å². The van der Waals surface area contributed by atoms with Gasteiger partial charge in [-0.25, -0.2) is 4.79 Å². The van der Waals surface area contributed by atoms with Gasteiger partial charge < -0.3 is 20.1 Å². The number of likely N-dealkylation sites (tertiary alicyclic amines) is 1. The van der Waals surface area contributed by atoms with Crippen molar-refractivity contribution in [1.29, 1.82) is 0 Å². The fraction of sp³-hybridized carbons (Fsp3) is 0.786. The molecule has 1 amide bonds. The summed E-state index contributed by atoms with van der Waals surface area (Å²) in [5.41, 5.74) is 4.99. The summed E-state index contributed by atoms with van der Waals surface area (Å²) in [7, 11) is 0. The van der Waals surface area contributed by atoms with E-state index in [0.717, 1.165) is 6.42 Å². The first-order valence-electron chi connectivity index (χ1n) is 7.38. The van der Waals surface area contributed by atoms with Crippen molar-refractivity contribution < 1.29 is 19.1 Å². The first kappa shape index (κ1) is 16.2. The third-order valence-electron chi connectivity index (χ3n) is 4.30. The third kappa shape index (κ3) is 3.03. The Hall–Kier alpha value is -1.21. The zero-order valence-corrected chi connectivity index (χ0v) is 13.1. The highest BCUT2D eigenvalue weighted by atomic mass is 32.1. The predicted molar refractivity (Wildman–Crippen MR) is 80.6 cm³/mol. The number of thiocarbonyl (C=S) groups is 1. The second-order valence-electron chi connectivity index (χ2n) is 5.47. The molecule has 0 spiro atoms. The second kappa shape index (κ2) is 6.70. The van der Waals surface area contributed by atoms with E-state index >= 15 is 0 Å². The number of nitrogens with two attached hydrogens (primary N) is 1. The van der Waals surface area contributed by atoms with E-state index in [1.807, 2.05) is 0 Å². The molecule has 0 aromatic carbocycles. The molecule has 2 heterocycles. The molecule has 2 aliphatic heterocycles. The van der Waals surface area contributed by atoms with E-state index in [9.17, 15) is 9.59 Å². The predicted octanol–water partition coefficient (Wildman–Crippen LogP) is 0.623. The van der Waals surface area contributed by atoms with Crippen LogP contribution in [0.3, 0.4) is 0 Å². The van der Waals surface area contributed by atoms with Crippen LogP contribution in [-0.4, -0.2) is 54.2 Å². The van der Waals surface area contributed by atoms with Crippen molar-refractivity contribution in [2.24, 2.45) is 11.1 Å². The number of esters is 1. The van der Waals surface area contributed by atoms with Crippen LogP contribution in [-0.2, 0) is 19.1 Å². The minimum Gasteiger partial charge on any atom is -0.464 e. The molecule has 6 nitrogen and oxygen atoms in total. The fourth-order valence-corrected chi connectivity index (χ4v) is 3.35.